The van der Waals surface area contributed by atoms with E-state index in [1.54, 1.807) is 66.7 Å². The van der Waals surface area contributed by atoms with Crippen molar-refractivity contribution < 1.29 is 28.3 Å². The number of likely N-dealkylation sites (tertiary alicyclic amines) is 2. The van der Waals surface area contributed by atoms with Crippen LogP contribution in [0.1, 0.15) is 47.6 Å². The van der Waals surface area contributed by atoms with E-state index in [4.69, 9.17) is 13.9 Å². The van der Waals surface area contributed by atoms with Gasteiger partial charge < -0.3 is 23.7 Å². The number of nitrogens with zero attached hydrogens (tertiary/aromatic N) is 5. The average Bonchev–Trinajstić information content (AvgIpc) is 3.77. The van der Waals surface area contributed by atoms with Gasteiger partial charge in [-0.05, 0) is 62.1 Å². The normalized spacial score (nSPS) is 16.6. The molecule has 0 radical (unpaired) electrons. The van der Waals surface area contributed by atoms with E-state index >= 15 is 0 Å². The molecule has 0 aliphatic carbocycles. The number of carbonyl (C=O) groups excluding carboxylic acids is 3. The Hall–Kier alpha value is -4.78. The second kappa shape index (κ2) is 13.5. The summed E-state index contributed by atoms with van der Waals surface area (Å²) in [4.78, 5) is 46.5. The quantitative estimate of drug-likeness (QED) is 0.258. The zero-order valence-electron chi connectivity index (χ0n) is 25.2. The topological polar surface area (TPSA) is 140 Å². The SMILES string of the molecule is Cc1nnc(-c2ccc(Oc3cc(OCC4CCN(C)C4=O)cc(C(=O)Nc4nc(CC(=O)N5CCCCC5)cs4)c3)cc2)o1. The number of rotatable bonds is 10. The molecule has 2 aliphatic heterocycles. The number of hydrogen-bond donors (Lipinski definition) is 1. The van der Waals surface area contributed by atoms with E-state index in [1.807, 2.05) is 4.90 Å². The standard InChI is InChI=1S/C32H34N6O6S/c1-20-35-36-30(43-20)21-6-8-25(9-7-21)44-27-15-23(14-26(17-27)42-18-22-10-13-37(2)31(22)41)29(40)34-32-33-24(19-45-32)16-28(39)38-11-4-3-5-12-38/h6-9,14-15,17,19,22H,3-5,10-13,16,18H2,1-2H3,(H,33,34,40). The van der Waals surface area contributed by atoms with Gasteiger partial charge >= 0.3 is 0 Å². The molecule has 1 atom stereocenters. The number of nitrogens with one attached hydrogen (secondary N) is 1. The lowest BCUT2D eigenvalue weighted by molar-refractivity contribution is -0.131. The van der Waals surface area contributed by atoms with Crippen molar-refractivity contribution in [1.29, 1.82) is 0 Å². The molecule has 1 N–H and O–H groups in total. The number of thiazole rings is 1. The van der Waals surface area contributed by atoms with Crippen molar-refractivity contribution in [3.63, 3.8) is 0 Å². The van der Waals surface area contributed by atoms with Crippen LogP contribution in [-0.2, 0) is 16.0 Å². The van der Waals surface area contributed by atoms with Gasteiger partial charge in [0, 0.05) is 56.2 Å². The van der Waals surface area contributed by atoms with Gasteiger partial charge in [0.2, 0.25) is 23.6 Å². The Labute approximate surface area is 264 Å². The Morgan fingerprint density at radius 2 is 1.80 bits per heavy atom. The largest absolute Gasteiger partial charge is 0.493 e. The number of anilines is 1. The lowest BCUT2D eigenvalue weighted by atomic mass is 10.1. The summed E-state index contributed by atoms with van der Waals surface area (Å²) in [6, 6.07) is 12.0. The summed E-state index contributed by atoms with van der Waals surface area (Å²) in [6.45, 7) is 4.16. The molecule has 4 heterocycles. The number of benzene rings is 2. The van der Waals surface area contributed by atoms with Crippen LogP contribution in [0, 0.1) is 12.8 Å². The monoisotopic (exact) mass is 630 g/mol. The van der Waals surface area contributed by atoms with Gasteiger partial charge in [-0.25, -0.2) is 4.98 Å². The first kappa shape index (κ1) is 30.3. The molecule has 12 nitrogen and oxygen atoms in total. The van der Waals surface area contributed by atoms with E-state index < -0.39 is 5.91 Å². The molecule has 0 bridgehead atoms. The Bertz CT molecular complexity index is 1680. The van der Waals surface area contributed by atoms with Gasteiger partial charge in [-0.3, -0.25) is 19.7 Å². The first-order valence-electron chi connectivity index (χ1n) is 15.0. The Kier molecular flexibility index (Phi) is 9.06. The maximum Gasteiger partial charge on any atom is 0.257 e. The molecule has 2 aromatic heterocycles. The van der Waals surface area contributed by atoms with Crippen LogP contribution in [0.2, 0.25) is 0 Å². The van der Waals surface area contributed by atoms with Gasteiger partial charge in [-0.2, -0.15) is 0 Å². The highest BCUT2D eigenvalue weighted by Crippen LogP contribution is 2.31. The molecule has 2 fully saturated rings. The number of piperidine rings is 1. The minimum atomic E-state index is -0.410. The summed E-state index contributed by atoms with van der Waals surface area (Å²) < 4.78 is 17.6. The summed E-state index contributed by atoms with van der Waals surface area (Å²) in [5.41, 5.74) is 1.65. The second-order valence-corrected chi connectivity index (χ2v) is 12.1. The minimum absolute atomic E-state index is 0.0373. The summed E-state index contributed by atoms with van der Waals surface area (Å²) in [5, 5.41) is 12.9. The molecular weight excluding hydrogens is 596 g/mol. The molecular formula is C32H34N6O6S. The van der Waals surface area contributed by atoms with Crippen LogP contribution in [0.25, 0.3) is 11.5 Å². The summed E-state index contributed by atoms with van der Waals surface area (Å²) in [5.74, 6) is 1.60. The van der Waals surface area contributed by atoms with E-state index in [-0.39, 0.29) is 36.3 Å². The van der Waals surface area contributed by atoms with E-state index in [0.717, 1.165) is 37.9 Å². The van der Waals surface area contributed by atoms with E-state index in [1.165, 1.54) is 11.3 Å². The lowest BCUT2D eigenvalue weighted by Gasteiger charge is -2.26. The number of carbonyl (C=O) groups is 3. The maximum atomic E-state index is 13.4. The maximum absolute atomic E-state index is 13.4. The van der Waals surface area contributed by atoms with Crippen LogP contribution < -0.4 is 14.8 Å². The second-order valence-electron chi connectivity index (χ2n) is 11.2. The van der Waals surface area contributed by atoms with Gasteiger partial charge in [0.1, 0.15) is 17.2 Å². The molecule has 6 rings (SSSR count). The Morgan fingerprint density at radius 3 is 2.51 bits per heavy atom. The summed E-state index contributed by atoms with van der Waals surface area (Å²) in [6.07, 6.45) is 4.11. The van der Waals surface area contributed by atoms with Crippen LogP contribution in [0.15, 0.2) is 52.3 Å². The zero-order valence-corrected chi connectivity index (χ0v) is 26.0. The van der Waals surface area contributed by atoms with Crippen LogP contribution in [0.5, 0.6) is 17.2 Å². The highest BCUT2D eigenvalue weighted by molar-refractivity contribution is 7.14. The summed E-state index contributed by atoms with van der Waals surface area (Å²) in [7, 11) is 1.78. The molecule has 2 saturated heterocycles. The van der Waals surface area contributed by atoms with Crippen molar-refractivity contribution in [2.45, 2.75) is 39.0 Å². The number of hydrogen-bond acceptors (Lipinski definition) is 10. The lowest BCUT2D eigenvalue weighted by Crippen LogP contribution is -2.36. The van der Waals surface area contributed by atoms with Crippen LogP contribution in [0.4, 0.5) is 5.13 Å². The highest BCUT2D eigenvalue weighted by atomic mass is 32.1. The van der Waals surface area contributed by atoms with Gasteiger partial charge in [-0.1, -0.05) is 0 Å². The fourth-order valence-electron chi connectivity index (χ4n) is 5.33. The molecule has 45 heavy (non-hydrogen) atoms. The first-order valence-corrected chi connectivity index (χ1v) is 15.8. The predicted octanol–water partition coefficient (Wildman–Crippen LogP) is 4.96. The Balaban J connectivity index is 1.17. The van der Waals surface area contributed by atoms with Crippen LogP contribution in [-0.4, -0.2) is 76.0 Å². The van der Waals surface area contributed by atoms with Gasteiger partial charge in [-0.15, -0.1) is 21.5 Å². The first-order chi connectivity index (χ1) is 21.8. The molecule has 0 spiro atoms. The van der Waals surface area contributed by atoms with Crippen LogP contribution >= 0.6 is 11.3 Å². The molecule has 0 saturated carbocycles. The number of amides is 3. The molecule has 2 aliphatic rings. The fourth-order valence-corrected chi connectivity index (χ4v) is 6.04. The number of aromatic nitrogens is 3. The zero-order chi connectivity index (χ0) is 31.3. The van der Waals surface area contributed by atoms with Gasteiger partial charge in [0.05, 0.1) is 24.6 Å². The third-order valence-electron chi connectivity index (χ3n) is 7.81. The van der Waals surface area contributed by atoms with E-state index in [0.29, 0.717) is 52.8 Å². The number of aryl methyl sites for hydroxylation is 1. The van der Waals surface area contributed by atoms with Crippen LogP contribution in [0.3, 0.4) is 0 Å². The molecule has 2 aromatic carbocycles. The minimum Gasteiger partial charge on any atom is -0.493 e. The third-order valence-corrected chi connectivity index (χ3v) is 8.61. The predicted molar refractivity (Wildman–Crippen MR) is 166 cm³/mol. The van der Waals surface area contributed by atoms with E-state index in [9.17, 15) is 14.4 Å². The van der Waals surface area contributed by atoms with Gasteiger partial charge in [0.25, 0.3) is 5.91 Å². The number of ether oxygens (including phenoxy) is 2. The van der Waals surface area contributed by atoms with Crippen molar-refractivity contribution in [3.8, 4) is 28.7 Å². The van der Waals surface area contributed by atoms with Crippen molar-refractivity contribution in [1.82, 2.24) is 25.0 Å². The third kappa shape index (κ3) is 7.48. The highest BCUT2D eigenvalue weighted by Gasteiger charge is 2.29. The molecule has 1 unspecified atom stereocenters. The average molecular weight is 631 g/mol. The fraction of sp³-hybridized carbons (Fsp3) is 0.375. The molecule has 234 valence electrons. The van der Waals surface area contributed by atoms with Crippen molar-refractivity contribution in [3.05, 3.63) is 65.0 Å². The molecule has 4 aromatic rings. The van der Waals surface area contributed by atoms with Crippen molar-refractivity contribution in [2.75, 3.05) is 38.6 Å². The van der Waals surface area contributed by atoms with Crippen molar-refractivity contribution in [2.24, 2.45) is 5.92 Å². The van der Waals surface area contributed by atoms with Gasteiger partial charge in [0.15, 0.2) is 5.13 Å². The molecule has 3 amide bonds. The smallest absolute Gasteiger partial charge is 0.257 e. The Morgan fingerprint density at radius 1 is 1.02 bits per heavy atom. The van der Waals surface area contributed by atoms with E-state index in [2.05, 4.69) is 20.5 Å². The summed E-state index contributed by atoms with van der Waals surface area (Å²) >= 11 is 1.27. The van der Waals surface area contributed by atoms with Crippen molar-refractivity contribution >= 4 is 34.2 Å². The molecule has 13 heteroatoms.